The molecule has 0 radical (unpaired) electrons. The second-order valence-electron chi connectivity index (χ2n) is 5.41. The highest BCUT2D eigenvalue weighted by atomic mass is 79.9. The van der Waals surface area contributed by atoms with Gasteiger partial charge in [0.25, 0.3) is 5.91 Å². The largest absolute Gasteiger partial charge is 0.479 e. The molecule has 0 aliphatic carbocycles. The Kier molecular flexibility index (Phi) is 5.78. The van der Waals surface area contributed by atoms with Crippen molar-refractivity contribution in [3.8, 4) is 5.75 Å². The van der Waals surface area contributed by atoms with Crippen molar-refractivity contribution in [2.24, 2.45) is 0 Å². The molecule has 0 spiro atoms. The van der Waals surface area contributed by atoms with Gasteiger partial charge in [0.05, 0.1) is 4.47 Å². The van der Waals surface area contributed by atoms with E-state index in [1.165, 1.54) is 6.07 Å². The van der Waals surface area contributed by atoms with Crippen molar-refractivity contribution in [2.45, 2.75) is 45.8 Å². The summed E-state index contributed by atoms with van der Waals surface area (Å²) in [4.78, 5) is 23.3. The van der Waals surface area contributed by atoms with Gasteiger partial charge in [-0.15, -0.1) is 0 Å². The summed E-state index contributed by atoms with van der Waals surface area (Å²) in [7, 11) is 0. The highest BCUT2D eigenvalue weighted by molar-refractivity contribution is 9.10. The SMILES string of the molecule is CCC(C)(C)NC(=O)C(C)Oc1c(Br)cccc1C(=O)O. The average molecular weight is 358 g/mol. The molecule has 0 bridgehead atoms. The van der Waals surface area contributed by atoms with Crippen LogP contribution in [-0.4, -0.2) is 28.6 Å². The fourth-order valence-corrected chi connectivity index (χ4v) is 2.01. The van der Waals surface area contributed by atoms with E-state index in [2.05, 4.69) is 21.2 Å². The molecule has 0 aliphatic rings. The number of carbonyl (C=O) groups is 2. The molecule has 0 aliphatic heterocycles. The topological polar surface area (TPSA) is 75.6 Å². The van der Waals surface area contributed by atoms with E-state index in [-0.39, 0.29) is 22.8 Å². The fraction of sp³-hybridized carbons (Fsp3) is 0.467. The maximum absolute atomic E-state index is 12.1. The molecule has 0 saturated carbocycles. The number of amides is 1. The van der Waals surface area contributed by atoms with Crippen LogP contribution in [0, 0.1) is 0 Å². The van der Waals surface area contributed by atoms with Crippen LogP contribution < -0.4 is 10.1 Å². The van der Waals surface area contributed by atoms with Gasteiger partial charge in [-0.2, -0.15) is 0 Å². The summed E-state index contributed by atoms with van der Waals surface area (Å²) in [6.07, 6.45) is -0.0199. The maximum Gasteiger partial charge on any atom is 0.339 e. The van der Waals surface area contributed by atoms with Gasteiger partial charge in [-0.05, 0) is 55.3 Å². The monoisotopic (exact) mass is 357 g/mol. The minimum atomic E-state index is -1.10. The predicted molar refractivity (Wildman–Crippen MR) is 83.7 cm³/mol. The summed E-state index contributed by atoms with van der Waals surface area (Å²) in [5.74, 6) is -1.23. The number of carboxylic acid groups (broad SMARTS) is 1. The molecule has 0 fully saturated rings. The second-order valence-corrected chi connectivity index (χ2v) is 6.26. The van der Waals surface area contributed by atoms with E-state index in [4.69, 9.17) is 9.84 Å². The number of halogens is 1. The fourth-order valence-electron chi connectivity index (χ4n) is 1.55. The molecule has 1 rings (SSSR count). The van der Waals surface area contributed by atoms with Crippen LogP contribution in [0.15, 0.2) is 22.7 Å². The molecule has 1 atom stereocenters. The zero-order valence-corrected chi connectivity index (χ0v) is 14.2. The molecular formula is C15H20BrNO4. The number of rotatable bonds is 6. The average Bonchev–Trinajstić information content (AvgIpc) is 2.40. The number of carbonyl (C=O) groups excluding carboxylic acids is 1. The molecule has 1 aromatic carbocycles. The number of ether oxygens (including phenoxy) is 1. The zero-order valence-electron chi connectivity index (χ0n) is 12.6. The second kappa shape index (κ2) is 6.93. The third-order valence-electron chi connectivity index (χ3n) is 3.21. The molecule has 0 saturated heterocycles. The third kappa shape index (κ3) is 4.74. The van der Waals surface area contributed by atoms with Crippen molar-refractivity contribution in [3.05, 3.63) is 28.2 Å². The van der Waals surface area contributed by atoms with E-state index >= 15 is 0 Å². The van der Waals surface area contributed by atoms with Gasteiger partial charge < -0.3 is 15.2 Å². The van der Waals surface area contributed by atoms with Crippen molar-refractivity contribution in [2.75, 3.05) is 0 Å². The van der Waals surface area contributed by atoms with Gasteiger partial charge in [-0.3, -0.25) is 4.79 Å². The maximum atomic E-state index is 12.1. The molecule has 0 aromatic heterocycles. The summed E-state index contributed by atoms with van der Waals surface area (Å²) in [5.41, 5.74) is -0.322. The van der Waals surface area contributed by atoms with E-state index in [0.29, 0.717) is 4.47 Å². The van der Waals surface area contributed by atoms with Crippen molar-refractivity contribution >= 4 is 27.8 Å². The first-order chi connectivity index (χ1) is 9.68. The lowest BCUT2D eigenvalue weighted by Gasteiger charge is -2.27. The first-order valence-corrected chi connectivity index (χ1v) is 7.47. The van der Waals surface area contributed by atoms with Crippen LogP contribution in [0.5, 0.6) is 5.75 Å². The Bertz CT molecular complexity index is 542. The normalized spacial score (nSPS) is 12.6. The molecule has 5 nitrogen and oxygen atoms in total. The first-order valence-electron chi connectivity index (χ1n) is 6.68. The van der Waals surface area contributed by atoms with E-state index in [9.17, 15) is 9.59 Å². The van der Waals surface area contributed by atoms with Crippen LogP contribution in [0.2, 0.25) is 0 Å². The Balaban J connectivity index is 2.91. The minimum Gasteiger partial charge on any atom is -0.479 e. The van der Waals surface area contributed by atoms with Crippen LogP contribution in [0.25, 0.3) is 0 Å². The van der Waals surface area contributed by atoms with E-state index in [1.807, 2.05) is 20.8 Å². The summed E-state index contributed by atoms with van der Waals surface area (Å²) in [6, 6.07) is 4.71. The Labute approximate surface area is 132 Å². The number of benzene rings is 1. The number of para-hydroxylation sites is 1. The number of nitrogens with one attached hydrogen (secondary N) is 1. The molecule has 2 N–H and O–H groups in total. The Morgan fingerprint density at radius 1 is 1.43 bits per heavy atom. The molecular weight excluding hydrogens is 338 g/mol. The van der Waals surface area contributed by atoms with Crippen molar-refractivity contribution < 1.29 is 19.4 Å². The zero-order chi connectivity index (χ0) is 16.2. The van der Waals surface area contributed by atoms with Gasteiger partial charge >= 0.3 is 5.97 Å². The van der Waals surface area contributed by atoms with Gasteiger partial charge in [-0.25, -0.2) is 4.79 Å². The molecule has 116 valence electrons. The number of hydrogen-bond acceptors (Lipinski definition) is 3. The number of carboxylic acids is 1. The molecule has 6 heteroatoms. The van der Waals surface area contributed by atoms with Crippen LogP contribution in [0.4, 0.5) is 0 Å². The van der Waals surface area contributed by atoms with Crippen LogP contribution >= 0.6 is 15.9 Å². The standard InChI is InChI=1S/C15H20BrNO4/c1-5-15(3,4)17-13(18)9(2)21-12-10(14(19)20)7-6-8-11(12)16/h6-9H,5H2,1-4H3,(H,17,18)(H,19,20). The van der Waals surface area contributed by atoms with Crippen molar-refractivity contribution in [3.63, 3.8) is 0 Å². The van der Waals surface area contributed by atoms with Gasteiger partial charge in [0, 0.05) is 5.54 Å². The highest BCUT2D eigenvalue weighted by Gasteiger charge is 2.25. The quantitative estimate of drug-likeness (QED) is 0.819. The Hall–Kier alpha value is -1.56. The smallest absolute Gasteiger partial charge is 0.339 e. The highest BCUT2D eigenvalue weighted by Crippen LogP contribution is 2.30. The third-order valence-corrected chi connectivity index (χ3v) is 3.83. The molecule has 0 heterocycles. The predicted octanol–water partition coefficient (Wildman–Crippen LogP) is 3.22. The lowest BCUT2D eigenvalue weighted by molar-refractivity contribution is -0.129. The first kappa shape index (κ1) is 17.5. The molecule has 1 unspecified atom stereocenters. The minimum absolute atomic E-state index is 0.0128. The van der Waals surface area contributed by atoms with Gasteiger partial charge in [-0.1, -0.05) is 13.0 Å². The Morgan fingerprint density at radius 3 is 2.57 bits per heavy atom. The lowest BCUT2D eigenvalue weighted by atomic mass is 10.0. The number of hydrogen-bond donors (Lipinski definition) is 2. The van der Waals surface area contributed by atoms with Crippen LogP contribution in [0.1, 0.15) is 44.5 Å². The van der Waals surface area contributed by atoms with Gasteiger partial charge in [0.15, 0.2) is 6.10 Å². The molecule has 1 amide bonds. The Morgan fingerprint density at radius 2 is 2.05 bits per heavy atom. The molecule has 1 aromatic rings. The summed E-state index contributed by atoms with van der Waals surface area (Å²) < 4.78 is 6.05. The molecule has 21 heavy (non-hydrogen) atoms. The lowest BCUT2D eigenvalue weighted by Crippen LogP contribution is -2.48. The van der Waals surface area contributed by atoms with Gasteiger partial charge in [0.2, 0.25) is 0 Å². The van der Waals surface area contributed by atoms with Crippen molar-refractivity contribution in [1.82, 2.24) is 5.32 Å². The van der Waals surface area contributed by atoms with Crippen LogP contribution in [0.3, 0.4) is 0 Å². The van der Waals surface area contributed by atoms with E-state index < -0.39 is 12.1 Å². The van der Waals surface area contributed by atoms with Crippen LogP contribution in [-0.2, 0) is 4.79 Å². The summed E-state index contributed by atoms with van der Waals surface area (Å²) in [6.45, 7) is 7.39. The van der Waals surface area contributed by atoms with Gasteiger partial charge in [0.1, 0.15) is 11.3 Å². The van der Waals surface area contributed by atoms with Crippen molar-refractivity contribution in [1.29, 1.82) is 0 Å². The van der Waals surface area contributed by atoms with E-state index in [1.54, 1.807) is 19.1 Å². The summed E-state index contributed by atoms with van der Waals surface area (Å²) in [5, 5.41) is 12.0. The summed E-state index contributed by atoms with van der Waals surface area (Å²) >= 11 is 3.25. The number of aromatic carboxylic acids is 1. The van der Waals surface area contributed by atoms with E-state index in [0.717, 1.165) is 6.42 Å².